The third-order valence-corrected chi connectivity index (χ3v) is 5.40. The van der Waals surface area contributed by atoms with E-state index in [1.165, 1.54) is 0 Å². The zero-order valence-electron chi connectivity index (χ0n) is 16.0. The van der Waals surface area contributed by atoms with E-state index in [1.54, 1.807) is 17.9 Å². The third kappa shape index (κ3) is 3.68. The highest BCUT2D eigenvalue weighted by atomic mass is 16.5. The van der Waals surface area contributed by atoms with Crippen molar-refractivity contribution in [3.05, 3.63) is 23.0 Å². The zero-order valence-corrected chi connectivity index (χ0v) is 16.0. The van der Waals surface area contributed by atoms with Crippen LogP contribution in [0.1, 0.15) is 60.8 Å². The van der Waals surface area contributed by atoms with Crippen LogP contribution in [0.25, 0.3) is 11.1 Å². The number of carbonyl (C=O) groups excluding carboxylic acids is 2. The highest BCUT2D eigenvalue weighted by molar-refractivity contribution is 6.03. The minimum Gasteiger partial charge on any atom is -0.452 e. The van der Waals surface area contributed by atoms with Crippen LogP contribution >= 0.6 is 0 Å². The Morgan fingerprint density at radius 3 is 2.63 bits per heavy atom. The van der Waals surface area contributed by atoms with Crippen molar-refractivity contribution in [2.24, 2.45) is 11.8 Å². The van der Waals surface area contributed by atoms with Gasteiger partial charge in [0.25, 0.3) is 11.6 Å². The molecule has 4 rings (SSSR count). The van der Waals surface area contributed by atoms with Crippen molar-refractivity contribution in [1.29, 1.82) is 0 Å². The van der Waals surface area contributed by atoms with Crippen molar-refractivity contribution in [3.8, 4) is 0 Å². The van der Waals surface area contributed by atoms with Gasteiger partial charge in [-0.05, 0) is 44.1 Å². The van der Waals surface area contributed by atoms with Gasteiger partial charge in [0.05, 0.1) is 16.6 Å². The minimum absolute atomic E-state index is 0.142. The molecule has 144 valence electrons. The number of ether oxygens (including phenoxy) is 1. The van der Waals surface area contributed by atoms with Crippen molar-refractivity contribution >= 4 is 23.0 Å². The summed E-state index contributed by atoms with van der Waals surface area (Å²) in [5, 5.41) is 4.49. The molecule has 1 saturated carbocycles. The van der Waals surface area contributed by atoms with E-state index in [0.29, 0.717) is 40.1 Å². The Balaban J connectivity index is 1.49. The number of aromatic nitrogens is 2. The molecule has 1 saturated heterocycles. The summed E-state index contributed by atoms with van der Waals surface area (Å²) in [6.45, 7) is 7.25. The number of fused-ring (bicyclic) bond motifs is 1. The summed E-state index contributed by atoms with van der Waals surface area (Å²) >= 11 is 0. The molecular formula is C20H25N3O4. The summed E-state index contributed by atoms with van der Waals surface area (Å²) in [5.41, 5.74) is 2.16. The van der Waals surface area contributed by atoms with Gasteiger partial charge in [0, 0.05) is 24.7 Å². The Bertz CT molecular complexity index is 877. The van der Waals surface area contributed by atoms with Crippen LogP contribution in [0.4, 0.5) is 0 Å². The molecule has 2 unspecified atom stereocenters. The fourth-order valence-corrected chi connectivity index (χ4v) is 4.03. The van der Waals surface area contributed by atoms with Crippen molar-refractivity contribution in [2.75, 3.05) is 19.7 Å². The van der Waals surface area contributed by atoms with E-state index in [2.05, 4.69) is 24.0 Å². The molecule has 0 N–H and O–H groups in total. The summed E-state index contributed by atoms with van der Waals surface area (Å²) in [6, 6.07) is 1.77. The number of amides is 1. The van der Waals surface area contributed by atoms with Crippen molar-refractivity contribution < 1.29 is 18.8 Å². The topological polar surface area (TPSA) is 85.5 Å². The quantitative estimate of drug-likeness (QED) is 0.768. The van der Waals surface area contributed by atoms with Crippen LogP contribution in [-0.2, 0) is 9.53 Å². The molecule has 3 heterocycles. The number of hydrogen-bond donors (Lipinski definition) is 0. The predicted molar refractivity (Wildman–Crippen MR) is 98.3 cm³/mol. The number of nitrogens with zero attached hydrogens (tertiary/aromatic N) is 3. The molecule has 27 heavy (non-hydrogen) atoms. The number of carbonyl (C=O) groups is 2. The van der Waals surface area contributed by atoms with E-state index in [9.17, 15) is 9.59 Å². The second-order valence-electron chi connectivity index (χ2n) is 8.14. The van der Waals surface area contributed by atoms with Gasteiger partial charge in [-0.25, -0.2) is 9.78 Å². The molecule has 1 amide bonds. The van der Waals surface area contributed by atoms with E-state index in [1.807, 2.05) is 0 Å². The fourth-order valence-electron chi connectivity index (χ4n) is 4.03. The van der Waals surface area contributed by atoms with Gasteiger partial charge in [-0.15, -0.1) is 0 Å². The molecule has 2 atom stereocenters. The molecule has 1 aliphatic heterocycles. The lowest BCUT2D eigenvalue weighted by Crippen LogP contribution is -2.44. The lowest BCUT2D eigenvalue weighted by Gasteiger charge is -2.34. The van der Waals surface area contributed by atoms with Crippen LogP contribution in [0.5, 0.6) is 0 Å². The molecule has 2 aliphatic rings. The van der Waals surface area contributed by atoms with Crippen LogP contribution in [0.3, 0.4) is 0 Å². The Hall–Kier alpha value is -2.44. The lowest BCUT2D eigenvalue weighted by atomic mass is 9.92. The number of hydrogen-bond acceptors (Lipinski definition) is 6. The summed E-state index contributed by atoms with van der Waals surface area (Å²) in [4.78, 5) is 31.5. The molecule has 7 nitrogen and oxygen atoms in total. The van der Waals surface area contributed by atoms with Gasteiger partial charge in [-0.1, -0.05) is 19.0 Å². The van der Waals surface area contributed by atoms with Gasteiger partial charge in [0.1, 0.15) is 0 Å². The normalized spacial score (nSPS) is 22.9. The highest BCUT2D eigenvalue weighted by Gasteiger charge is 2.30. The molecule has 2 aromatic rings. The number of likely N-dealkylation sites (tertiary alicyclic amines) is 1. The van der Waals surface area contributed by atoms with E-state index < -0.39 is 5.97 Å². The van der Waals surface area contributed by atoms with Crippen molar-refractivity contribution in [2.45, 2.75) is 46.0 Å². The third-order valence-electron chi connectivity index (χ3n) is 5.40. The molecule has 0 aromatic carbocycles. The maximum absolute atomic E-state index is 12.7. The van der Waals surface area contributed by atoms with Crippen molar-refractivity contribution in [3.63, 3.8) is 0 Å². The molecule has 0 radical (unpaired) electrons. The number of esters is 1. The molecule has 2 fully saturated rings. The summed E-state index contributed by atoms with van der Waals surface area (Å²) in [5.74, 6) is 0.630. The number of pyridine rings is 1. The molecule has 7 heteroatoms. The molecule has 0 bridgehead atoms. The monoisotopic (exact) mass is 371 g/mol. The second-order valence-corrected chi connectivity index (χ2v) is 8.14. The number of aryl methyl sites for hydroxylation is 1. The first-order valence-corrected chi connectivity index (χ1v) is 9.64. The Morgan fingerprint density at radius 1 is 1.26 bits per heavy atom. The zero-order chi connectivity index (χ0) is 19.1. The maximum Gasteiger partial charge on any atom is 0.339 e. The minimum atomic E-state index is -0.526. The second kappa shape index (κ2) is 6.94. The smallest absolute Gasteiger partial charge is 0.339 e. The van der Waals surface area contributed by atoms with Crippen LogP contribution in [0, 0.1) is 18.8 Å². The van der Waals surface area contributed by atoms with Gasteiger partial charge >= 0.3 is 5.97 Å². The molecule has 2 aromatic heterocycles. The lowest BCUT2D eigenvalue weighted by molar-refractivity contribution is -0.137. The van der Waals surface area contributed by atoms with Gasteiger partial charge in [-0.2, -0.15) is 0 Å². The van der Waals surface area contributed by atoms with E-state index >= 15 is 0 Å². The SMILES string of the molecule is Cc1noc2nc(C3CC3)cc(C(=O)OCC(=O)N3CC(C)CC(C)C3)c12. The first kappa shape index (κ1) is 17.9. The maximum atomic E-state index is 12.7. The standard InChI is InChI=1S/C20H25N3O4/c1-11-6-12(2)9-23(8-11)17(24)10-26-20(25)15-7-16(14-4-5-14)21-19-18(15)13(3)22-27-19/h7,11-12,14H,4-6,8-10H2,1-3H3. The van der Waals surface area contributed by atoms with Crippen molar-refractivity contribution in [1.82, 2.24) is 15.0 Å². The Morgan fingerprint density at radius 2 is 1.96 bits per heavy atom. The van der Waals surface area contributed by atoms with E-state index in [-0.39, 0.29) is 12.5 Å². The first-order valence-electron chi connectivity index (χ1n) is 9.64. The predicted octanol–water partition coefficient (Wildman–Crippen LogP) is 3.07. The van der Waals surface area contributed by atoms with Crippen LogP contribution in [-0.4, -0.2) is 46.6 Å². The summed E-state index contributed by atoms with van der Waals surface area (Å²) in [6.07, 6.45) is 3.24. The molecule has 1 aliphatic carbocycles. The fraction of sp³-hybridized carbons (Fsp3) is 0.600. The van der Waals surface area contributed by atoms with Crippen LogP contribution in [0.15, 0.2) is 10.6 Å². The van der Waals surface area contributed by atoms with Gasteiger partial charge in [0.15, 0.2) is 6.61 Å². The first-order chi connectivity index (χ1) is 12.9. The van der Waals surface area contributed by atoms with Gasteiger partial charge < -0.3 is 14.2 Å². The highest BCUT2D eigenvalue weighted by Crippen LogP contribution is 2.40. The summed E-state index contributed by atoms with van der Waals surface area (Å²) in [7, 11) is 0. The Kier molecular flexibility index (Phi) is 4.61. The summed E-state index contributed by atoms with van der Waals surface area (Å²) < 4.78 is 10.6. The largest absolute Gasteiger partial charge is 0.452 e. The molecule has 0 spiro atoms. The average molecular weight is 371 g/mol. The average Bonchev–Trinajstić information content (AvgIpc) is 3.41. The van der Waals surface area contributed by atoms with E-state index in [4.69, 9.17) is 9.26 Å². The number of piperidine rings is 1. The Labute approximate surface area is 158 Å². The van der Waals surface area contributed by atoms with Crippen LogP contribution < -0.4 is 0 Å². The van der Waals surface area contributed by atoms with Gasteiger partial charge in [0.2, 0.25) is 0 Å². The number of rotatable bonds is 4. The molecular weight excluding hydrogens is 346 g/mol. The van der Waals surface area contributed by atoms with Gasteiger partial charge in [-0.3, -0.25) is 4.79 Å². The van der Waals surface area contributed by atoms with E-state index in [0.717, 1.165) is 38.0 Å². The van der Waals surface area contributed by atoms with Crippen LogP contribution in [0.2, 0.25) is 0 Å².